The second kappa shape index (κ2) is 8.88. The van der Waals surface area contributed by atoms with Crippen LogP contribution in [-0.4, -0.2) is 10.2 Å². The van der Waals surface area contributed by atoms with Gasteiger partial charge in [0, 0.05) is 4.90 Å². The van der Waals surface area contributed by atoms with Crippen molar-refractivity contribution in [2.75, 3.05) is 0 Å². The summed E-state index contributed by atoms with van der Waals surface area (Å²) in [4.78, 5) is 1.89. The third-order valence-electron chi connectivity index (χ3n) is 3.97. The third-order valence-corrected chi connectivity index (χ3v) is 5.12. The summed E-state index contributed by atoms with van der Waals surface area (Å²) >= 11 is 1.54. The number of phenolic OH excluding ortho intramolecular Hbond substituents is 2. The van der Waals surface area contributed by atoms with Crippen LogP contribution < -0.4 is 0 Å². The molecule has 0 aliphatic rings. The lowest BCUT2D eigenvalue weighted by atomic mass is 9.98. The molecule has 0 heterocycles. The van der Waals surface area contributed by atoms with Crippen molar-refractivity contribution in [2.24, 2.45) is 0 Å². The van der Waals surface area contributed by atoms with Gasteiger partial charge in [0.1, 0.15) is 11.5 Å². The van der Waals surface area contributed by atoms with Gasteiger partial charge < -0.3 is 10.2 Å². The number of aromatic hydroxyl groups is 2. The number of hydrogen-bond donors (Lipinski definition) is 2. The average molecular weight is 330 g/mol. The summed E-state index contributed by atoms with van der Waals surface area (Å²) in [7, 11) is 0. The van der Waals surface area contributed by atoms with Crippen molar-refractivity contribution in [1.82, 2.24) is 0 Å². The van der Waals surface area contributed by atoms with Gasteiger partial charge in [-0.25, -0.2) is 0 Å². The largest absolute Gasteiger partial charge is 0.508 e. The molecule has 0 radical (unpaired) electrons. The Labute approximate surface area is 143 Å². The van der Waals surface area contributed by atoms with Crippen molar-refractivity contribution in [3.63, 3.8) is 0 Å². The second-order valence-corrected chi connectivity index (χ2v) is 6.94. The predicted octanol–water partition coefficient (Wildman–Crippen LogP) is 5.93. The highest BCUT2D eigenvalue weighted by Gasteiger charge is 2.12. The van der Waals surface area contributed by atoms with E-state index in [2.05, 4.69) is 32.0 Å². The first-order valence-corrected chi connectivity index (χ1v) is 9.28. The molecule has 2 rings (SSSR count). The molecule has 0 aliphatic carbocycles. The number of hydrogen-bond acceptors (Lipinski definition) is 3. The Morgan fingerprint density at radius 2 is 1.61 bits per heavy atom. The van der Waals surface area contributed by atoms with Crippen LogP contribution in [0.2, 0.25) is 0 Å². The Balaban J connectivity index is 2.33. The summed E-state index contributed by atoms with van der Waals surface area (Å²) in [6, 6.07) is 11.1. The van der Waals surface area contributed by atoms with Crippen molar-refractivity contribution >= 4 is 11.8 Å². The van der Waals surface area contributed by atoms with Gasteiger partial charge in [-0.1, -0.05) is 50.6 Å². The Hall–Kier alpha value is -1.61. The van der Waals surface area contributed by atoms with Crippen LogP contribution >= 0.6 is 11.8 Å². The maximum absolute atomic E-state index is 10.0. The van der Waals surface area contributed by atoms with Gasteiger partial charge in [0.25, 0.3) is 0 Å². The van der Waals surface area contributed by atoms with Gasteiger partial charge in [0.15, 0.2) is 0 Å². The molecule has 124 valence electrons. The Morgan fingerprint density at radius 3 is 2.35 bits per heavy atom. The highest BCUT2D eigenvalue weighted by Crippen LogP contribution is 2.39. The van der Waals surface area contributed by atoms with Crippen LogP contribution in [-0.2, 0) is 12.8 Å². The molecule has 2 nitrogen and oxygen atoms in total. The van der Waals surface area contributed by atoms with Gasteiger partial charge in [-0.15, -0.1) is 0 Å². The fourth-order valence-electron chi connectivity index (χ4n) is 2.65. The van der Waals surface area contributed by atoms with Crippen molar-refractivity contribution in [3.8, 4) is 11.5 Å². The smallest absolute Gasteiger partial charge is 0.129 e. The van der Waals surface area contributed by atoms with Gasteiger partial charge in [-0.05, 0) is 61.1 Å². The van der Waals surface area contributed by atoms with E-state index < -0.39 is 0 Å². The molecule has 0 fully saturated rings. The van der Waals surface area contributed by atoms with Crippen LogP contribution in [0.15, 0.2) is 46.2 Å². The van der Waals surface area contributed by atoms with E-state index in [1.165, 1.54) is 47.8 Å². The van der Waals surface area contributed by atoms with E-state index in [1.807, 2.05) is 0 Å². The van der Waals surface area contributed by atoms with Crippen LogP contribution in [0.5, 0.6) is 11.5 Å². The molecule has 0 unspecified atom stereocenters. The molecule has 2 aromatic rings. The molecule has 3 heteroatoms. The Kier molecular flexibility index (Phi) is 6.85. The van der Waals surface area contributed by atoms with Gasteiger partial charge in [0.2, 0.25) is 0 Å². The van der Waals surface area contributed by atoms with E-state index in [-0.39, 0.29) is 11.5 Å². The zero-order chi connectivity index (χ0) is 16.7. The molecular weight excluding hydrogens is 304 g/mol. The summed E-state index contributed by atoms with van der Waals surface area (Å²) in [6.07, 6.45) is 6.91. The molecule has 0 aliphatic heterocycles. The van der Waals surface area contributed by atoms with E-state index in [0.717, 1.165) is 12.8 Å². The van der Waals surface area contributed by atoms with Crippen LogP contribution in [0.3, 0.4) is 0 Å². The first-order chi connectivity index (χ1) is 11.2. The number of rotatable bonds is 8. The first-order valence-electron chi connectivity index (χ1n) is 8.46. The van der Waals surface area contributed by atoms with Crippen LogP contribution in [0.25, 0.3) is 0 Å². The molecule has 0 saturated heterocycles. The number of phenols is 2. The maximum atomic E-state index is 10.0. The van der Waals surface area contributed by atoms with Crippen molar-refractivity contribution in [2.45, 2.75) is 62.2 Å². The van der Waals surface area contributed by atoms with E-state index in [4.69, 9.17) is 0 Å². The summed E-state index contributed by atoms with van der Waals surface area (Å²) in [5.41, 5.74) is 2.82. The number of aryl methyl sites for hydroxylation is 1. The molecule has 2 N–H and O–H groups in total. The molecule has 23 heavy (non-hydrogen) atoms. The maximum Gasteiger partial charge on any atom is 0.129 e. The van der Waals surface area contributed by atoms with E-state index in [9.17, 15) is 10.2 Å². The standard InChI is InChI=1S/C20H26O2S/c1-3-5-8-15-9-7-11-19(17(15)10-6-4-2)23-20-14-16(21)12-13-18(20)22/h7,9,11-14,21-22H,3-6,8,10H2,1-2H3. The molecule has 0 atom stereocenters. The second-order valence-electron chi connectivity index (χ2n) is 5.86. The average Bonchev–Trinajstić information content (AvgIpc) is 2.55. The van der Waals surface area contributed by atoms with E-state index >= 15 is 0 Å². The van der Waals surface area contributed by atoms with Gasteiger partial charge in [0.05, 0.1) is 4.90 Å². The van der Waals surface area contributed by atoms with Crippen LogP contribution in [0, 0.1) is 0 Å². The molecule has 0 saturated carbocycles. The topological polar surface area (TPSA) is 40.5 Å². The fourth-order valence-corrected chi connectivity index (χ4v) is 3.74. The molecular formula is C20H26O2S. The van der Waals surface area contributed by atoms with Crippen molar-refractivity contribution in [3.05, 3.63) is 47.5 Å². The van der Waals surface area contributed by atoms with E-state index in [0.29, 0.717) is 4.90 Å². The van der Waals surface area contributed by atoms with Gasteiger partial charge in [-0.2, -0.15) is 0 Å². The third kappa shape index (κ3) is 4.93. The number of benzene rings is 2. The van der Waals surface area contributed by atoms with Crippen LogP contribution in [0.4, 0.5) is 0 Å². The van der Waals surface area contributed by atoms with Gasteiger partial charge >= 0.3 is 0 Å². The zero-order valence-electron chi connectivity index (χ0n) is 14.0. The normalized spacial score (nSPS) is 10.9. The summed E-state index contributed by atoms with van der Waals surface area (Å²) in [6.45, 7) is 4.43. The Bertz CT molecular complexity index is 638. The van der Waals surface area contributed by atoms with Crippen molar-refractivity contribution < 1.29 is 10.2 Å². The summed E-state index contributed by atoms with van der Waals surface area (Å²) in [5.74, 6) is 0.399. The Morgan fingerprint density at radius 1 is 0.870 bits per heavy atom. The fraction of sp³-hybridized carbons (Fsp3) is 0.400. The van der Waals surface area contributed by atoms with Gasteiger partial charge in [-0.3, -0.25) is 0 Å². The highest BCUT2D eigenvalue weighted by atomic mass is 32.2. The molecule has 0 spiro atoms. The lowest BCUT2D eigenvalue weighted by Crippen LogP contribution is -1.97. The molecule has 0 amide bonds. The quantitative estimate of drug-likeness (QED) is 0.589. The number of unbranched alkanes of at least 4 members (excludes halogenated alkanes) is 2. The zero-order valence-corrected chi connectivity index (χ0v) is 14.8. The van der Waals surface area contributed by atoms with E-state index in [1.54, 1.807) is 23.9 Å². The monoisotopic (exact) mass is 330 g/mol. The molecule has 0 aromatic heterocycles. The minimum atomic E-state index is 0.183. The molecule has 0 bridgehead atoms. The van der Waals surface area contributed by atoms with Crippen LogP contribution in [0.1, 0.15) is 50.7 Å². The molecule has 2 aromatic carbocycles. The first kappa shape index (κ1) is 17.7. The lowest BCUT2D eigenvalue weighted by molar-refractivity contribution is 0.448. The SMILES string of the molecule is CCCCc1cccc(Sc2cc(O)ccc2O)c1CCCC. The summed E-state index contributed by atoms with van der Waals surface area (Å²) < 4.78 is 0. The minimum absolute atomic E-state index is 0.183. The lowest BCUT2D eigenvalue weighted by Gasteiger charge is -2.15. The van der Waals surface area contributed by atoms with Crippen molar-refractivity contribution in [1.29, 1.82) is 0 Å². The predicted molar refractivity (Wildman–Crippen MR) is 97.6 cm³/mol. The minimum Gasteiger partial charge on any atom is -0.508 e. The highest BCUT2D eigenvalue weighted by molar-refractivity contribution is 7.99. The summed E-state index contributed by atoms with van der Waals surface area (Å²) in [5, 5.41) is 19.7.